The Hall–Kier alpha value is -0.540. The van der Waals surface area contributed by atoms with Gasteiger partial charge in [-0.3, -0.25) is 0 Å². The standard InChI is InChI=1S/C11H14FNS/c1-3-9-10(13-2)7-5-4-6-8(12)11(7)14-9/h4-6,9-10,13H,3H2,1-2H3. The molecule has 1 aromatic rings. The molecule has 1 heterocycles. The molecule has 1 nitrogen and oxygen atoms in total. The van der Waals surface area contributed by atoms with Crippen LogP contribution in [0.5, 0.6) is 0 Å². The van der Waals surface area contributed by atoms with Crippen LogP contribution in [0.1, 0.15) is 24.9 Å². The Morgan fingerprint density at radius 1 is 1.50 bits per heavy atom. The number of hydrogen-bond donors (Lipinski definition) is 1. The number of hydrogen-bond acceptors (Lipinski definition) is 2. The van der Waals surface area contributed by atoms with Crippen LogP contribution in [-0.4, -0.2) is 12.3 Å². The molecule has 1 aromatic carbocycles. The topological polar surface area (TPSA) is 12.0 Å². The highest BCUT2D eigenvalue weighted by molar-refractivity contribution is 8.00. The molecule has 1 N–H and O–H groups in total. The highest BCUT2D eigenvalue weighted by Crippen LogP contribution is 2.46. The summed E-state index contributed by atoms with van der Waals surface area (Å²) in [5.74, 6) is -0.0799. The molecule has 2 unspecified atom stereocenters. The average Bonchev–Trinajstić information content (AvgIpc) is 2.57. The Kier molecular flexibility index (Phi) is 2.79. The predicted octanol–water partition coefficient (Wildman–Crippen LogP) is 2.97. The van der Waals surface area contributed by atoms with E-state index in [1.165, 1.54) is 6.07 Å². The molecule has 0 radical (unpaired) electrons. The predicted molar refractivity (Wildman–Crippen MR) is 58.1 cm³/mol. The van der Waals surface area contributed by atoms with Crippen molar-refractivity contribution in [1.29, 1.82) is 0 Å². The zero-order valence-corrected chi connectivity index (χ0v) is 9.20. The first-order valence-electron chi connectivity index (χ1n) is 4.90. The lowest BCUT2D eigenvalue weighted by Crippen LogP contribution is -2.22. The number of fused-ring (bicyclic) bond motifs is 1. The molecule has 0 saturated heterocycles. The summed E-state index contributed by atoms with van der Waals surface area (Å²) < 4.78 is 13.5. The van der Waals surface area contributed by atoms with Gasteiger partial charge in [-0.05, 0) is 25.1 Å². The van der Waals surface area contributed by atoms with Crippen LogP contribution in [0, 0.1) is 5.82 Å². The van der Waals surface area contributed by atoms with Gasteiger partial charge in [0.2, 0.25) is 0 Å². The van der Waals surface area contributed by atoms with Crippen LogP contribution >= 0.6 is 11.8 Å². The average molecular weight is 211 g/mol. The van der Waals surface area contributed by atoms with Gasteiger partial charge in [0.15, 0.2) is 0 Å². The summed E-state index contributed by atoms with van der Waals surface area (Å²) in [6.45, 7) is 2.14. The molecule has 2 rings (SSSR count). The summed E-state index contributed by atoms with van der Waals surface area (Å²) in [6.07, 6.45) is 1.06. The van der Waals surface area contributed by atoms with Gasteiger partial charge in [0.1, 0.15) is 5.82 Å². The van der Waals surface area contributed by atoms with E-state index in [0.29, 0.717) is 11.3 Å². The Bertz CT molecular complexity index is 340. The lowest BCUT2D eigenvalue weighted by atomic mass is 10.0. The summed E-state index contributed by atoms with van der Waals surface area (Å²) in [5.41, 5.74) is 1.12. The summed E-state index contributed by atoms with van der Waals surface area (Å²) in [5, 5.41) is 3.73. The number of halogens is 1. The first kappa shape index (κ1) is 9.99. The Morgan fingerprint density at radius 2 is 2.29 bits per heavy atom. The lowest BCUT2D eigenvalue weighted by Gasteiger charge is -2.16. The van der Waals surface area contributed by atoms with Crippen LogP contribution in [-0.2, 0) is 0 Å². The molecule has 0 amide bonds. The molecule has 2 atom stereocenters. The molecule has 76 valence electrons. The molecule has 3 heteroatoms. The molecule has 0 bridgehead atoms. The van der Waals surface area contributed by atoms with Gasteiger partial charge in [0, 0.05) is 16.2 Å². The molecule has 14 heavy (non-hydrogen) atoms. The van der Waals surface area contributed by atoms with E-state index in [9.17, 15) is 4.39 Å². The molecule has 0 fully saturated rings. The fourth-order valence-corrected chi connectivity index (χ4v) is 3.37. The van der Waals surface area contributed by atoms with Gasteiger partial charge in [-0.15, -0.1) is 11.8 Å². The molecule has 0 aromatic heterocycles. The van der Waals surface area contributed by atoms with Gasteiger partial charge >= 0.3 is 0 Å². The van der Waals surface area contributed by atoms with E-state index in [2.05, 4.69) is 12.2 Å². The molecule has 0 aliphatic carbocycles. The third kappa shape index (κ3) is 1.44. The van der Waals surface area contributed by atoms with Crippen LogP contribution in [0.2, 0.25) is 0 Å². The minimum atomic E-state index is -0.0799. The van der Waals surface area contributed by atoms with Crippen molar-refractivity contribution < 1.29 is 4.39 Å². The highest BCUT2D eigenvalue weighted by Gasteiger charge is 2.32. The van der Waals surface area contributed by atoms with E-state index in [-0.39, 0.29) is 5.82 Å². The third-order valence-corrected chi connectivity index (χ3v) is 4.26. The normalized spacial score (nSPS) is 25.1. The second-order valence-corrected chi connectivity index (χ2v) is 4.74. The van der Waals surface area contributed by atoms with Crippen molar-refractivity contribution in [2.75, 3.05) is 7.05 Å². The molecular weight excluding hydrogens is 197 g/mol. The van der Waals surface area contributed by atoms with E-state index >= 15 is 0 Å². The number of nitrogens with one attached hydrogen (secondary N) is 1. The number of thioether (sulfide) groups is 1. The smallest absolute Gasteiger partial charge is 0.137 e. The minimum absolute atomic E-state index is 0.0799. The van der Waals surface area contributed by atoms with Crippen LogP contribution < -0.4 is 5.32 Å². The van der Waals surface area contributed by atoms with Crippen molar-refractivity contribution >= 4 is 11.8 Å². The maximum atomic E-state index is 13.5. The second kappa shape index (κ2) is 3.91. The maximum Gasteiger partial charge on any atom is 0.137 e. The molecule has 1 aliphatic rings. The Balaban J connectivity index is 2.42. The van der Waals surface area contributed by atoms with Crippen LogP contribution in [0.3, 0.4) is 0 Å². The zero-order chi connectivity index (χ0) is 10.1. The van der Waals surface area contributed by atoms with E-state index in [4.69, 9.17) is 0 Å². The first-order valence-corrected chi connectivity index (χ1v) is 5.78. The van der Waals surface area contributed by atoms with Crippen molar-refractivity contribution in [1.82, 2.24) is 5.32 Å². The summed E-state index contributed by atoms with van der Waals surface area (Å²) in [4.78, 5) is 0.832. The van der Waals surface area contributed by atoms with Crippen molar-refractivity contribution in [3.05, 3.63) is 29.6 Å². The summed E-state index contributed by atoms with van der Waals surface area (Å²) in [6, 6.07) is 5.64. The Labute approximate surface area is 88.1 Å². The van der Waals surface area contributed by atoms with Gasteiger partial charge in [-0.2, -0.15) is 0 Å². The highest BCUT2D eigenvalue weighted by atomic mass is 32.2. The van der Waals surface area contributed by atoms with Crippen LogP contribution in [0.15, 0.2) is 23.1 Å². The Morgan fingerprint density at radius 3 is 2.93 bits per heavy atom. The molecule has 1 aliphatic heterocycles. The number of rotatable bonds is 2. The van der Waals surface area contributed by atoms with E-state index < -0.39 is 0 Å². The van der Waals surface area contributed by atoms with Crippen molar-refractivity contribution in [3.63, 3.8) is 0 Å². The summed E-state index contributed by atoms with van der Waals surface area (Å²) >= 11 is 1.66. The van der Waals surface area contributed by atoms with E-state index in [1.54, 1.807) is 17.8 Å². The van der Waals surface area contributed by atoms with Gasteiger partial charge in [-0.25, -0.2) is 4.39 Å². The van der Waals surface area contributed by atoms with Crippen molar-refractivity contribution in [2.45, 2.75) is 29.5 Å². The minimum Gasteiger partial charge on any atom is -0.312 e. The van der Waals surface area contributed by atoms with Gasteiger partial charge in [0.25, 0.3) is 0 Å². The van der Waals surface area contributed by atoms with Gasteiger partial charge in [0.05, 0.1) is 0 Å². The van der Waals surface area contributed by atoms with Crippen LogP contribution in [0.25, 0.3) is 0 Å². The monoisotopic (exact) mass is 211 g/mol. The van der Waals surface area contributed by atoms with E-state index in [1.807, 2.05) is 13.1 Å². The van der Waals surface area contributed by atoms with E-state index in [0.717, 1.165) is 16.9 Å². The van der Waals surface area contributed by atoms with Gasteiger partial charge in [-0.1, -0.05) is 19.1 Å². The fraction of sp³-hybridized carbons (Fsp3) is 0.455. The zero-order valence-electron chi connectivity index (χ0n) is 8.38. The van der Waals surface area contributed by atoms with Crippen LogP contribution in [0.4, 0.5) is 4.39 Å². The first-order chi connectivity index (χ1) is 6.77. The summed E-state index contributed by atoms with van der Waals surface area (Å²) in [7, 11) is 1.94. The van der Waals surface area contributed by atoms with Gasteiger partial charge < -0.3 is 5.32 Å². The van der Waals surface area contributed by atoms with Crippen molar-refractivity contribution in [3.8, 4) is 0 Å². The van der Waals surface area contributed by atoms with Crippen molar-refractivity contribution in [2.24, 2.45) is 0 Å². The number of benzene rings is 1. The largest absolute Gasteiger partial charge is 0.312 e. The molecular formula is C11H14FNS. The third-order valence-electron chi connectivity index (χ3n) is 2.69. The fourth-order valence-electron chi connectivity index (χ4n) is 1.97. The second-order valence-electron chi connectivity index (χ2n) is 3.49. The SMILES string of the molecule is CCC1Sc2c(F)cccc2C1NC. The maximum absolute atomic E-state index is 13.5. The molecule has 0 spiro atoms. The molecule has 0 saturated carbocycles. The lowest BCUT2D eigenvalue weighted by molar-refractivity contribution is 0.550. The quantitative estimate of drug-likeness (QED) is 0.807.